The van der Waals surface area contributed by atoms with E-state index in [1.165, 1.54) is 19.2 Å². The topological polar surface area (TPSA) is 91.8 Å². The number of carbonyl (C=O) groups excluding carboxylic acids is 2. The van der Waals surface area contributed by atoms with Gasteiger partial charge in [-0.1, -0.05) is 12.1 Å². The average Bonchev–Trinajstić information content (AvgIpc) is 3.03. The first kappa shape index (κ1) is 22.5. The molecule has 0 aliphatic carbocycles. The molecular weight excluding hydrogens is 415 g/mol. The Hall–Kier alpha value is -3.14. The number of benzene rings is 1. The smallest absolute Gasteiger partial charge is 0.422 e. The van der Waals surface area contributed by atoms with Crippen LogP contribution in [0.4, 0.5) is 19.0 Å². The summed E-state index contributed by atoms with van der Waals surface area (Å²) in [6, 6.07) is 5.92. The number of hydrogen-bond donors (Lipinski definition) is 2. The van der Waals surface area contributed by atoms with Crippen LogP contribution < -0.4 is 10.1 Å². The van der Waals surface area contributed by atoms with Crippen LogP contribution in [0.15, 0.2) is 30.5 Å². The van der Waals surface area contributed by atoms with Gasteiger partial charge in [-0.05, 0) is 44.0 Å². The highest BCUT2D eigenvalue weighted by molar-refractivity contribution is 6.02. The van der Waals surface area contributed by atoms with Crippen molar-refractivity contribution >= 4 is 17.6 Å². The zero-order chi connectivity index (χ0) is 22.9. The van der Waals surface area contributed by atoms with Crippen molar-refractivity contribution in [3.05, 3.63) is 52.7 Å². The van der Waals surface area contributed by atoms with Crippen molar-refractivity contribution in [1.29, 1.82) is 0 Å². The van der Waals surface area contributed by atoms with Gasteiger partial charge in [-0.15, -0.1) is 0 Å². The van der Waals surface area contributed by atoms with Gasteiger partial charge in [-0.2, -0.15) is 13.2 Å². The second-order valence-electron chi connectivity index (χ2n) is 7.39. The van der Waals surface area contributed by atoms with Gasteiger partial charge < -0.3 is 20.1 Å². The summed E-state index contributed by atoms with van der Waals surface area (Å²) >= 11 is 0. The molecule has 0 saturated heterocycles. The fraction of sp³-hybridized carbons (Fsp3) is 0.381. The number of hydrogen-bond acceptors (Lipinski definition) is 5. The van der Waals surface area contributed by atoms with Crippen LogP contribution in [-0.2, 0) is 11.3 Å². The number of aliphatic hydroxyl groups is 1. The number of aliphatic hydroxyl groups excluding tert-OH is 1. The minimum Gasteiger partial charge on any atom is -0.484 e. The highest BCUT2D eigenvalue weighted by atomic mass is 19.4. The summed E-state index contributed by atoms with van der Waals surface area (Å²) in [6.45, 7) is 3.56. The SMILES string of the molecule is Cc1cc(C(C)N2Cc3c(ccnc3NC(=O)[C@@H](C)O)C2=O)ccc1OCC(F)(F)F. The van der Waals surface area contributed by atoms with Crippen LogP contribution in [0, 0.1) is 6.92 Å². The van der Waals surface area contributed by atoms with Crippen molar-refractivity contribution in [2.45, 2.75) is 45.6 Å². The molecule has 2 N–H and O–H groups in total. The normalized spacial score (nSPS) is 15.5. The van der Waals surface area contributed by atoms with Crippen LogP contribution in [0.3, 0.4) is 0 Å². The number of fused-ring (bicyclic) bond motifs is 1. The molecule has 2 heterocycles. The van der Waals surface area contributed by atoms with Gasteiger partial charge in [0.25, 0.3) is 11.8 Å². The number of anilines is 1. The number of aromatic nitrogens is 1. The molecule has 1 aromatic heterocycles. The number of halogens is 3. The fourth-order valence-corrected chi connectivity index (χ4v) is 3.33. The molecule has 2 atom stereocenters. The number of carbonyl (C=O) groups is 2. The Balaban J connectivity index is 1.80. The number of nitrogens with zero attached hydrogens (tertiary/aromatic N) is 2. The van der Waals surface area contributed by atoms with E-state index in [4.69, 9.17) is 4.74 Å². The number of aryl methyl sites for hydroxylation is 1. The van der Waals surface area contributed by atoms with Crippen molar-refractivity contribution in [2.75, 3.05) is 11.9 Å². The van der Waals surface area contributed by atoms with Crippen LogP contribution in [0.5, 0.6) is 5.75 Å². The van der Waals surface area contributed by atoms with Crippen LogP contribution in [-0.4, -0.2) is 45.7 Å². The zero-order valence-electron chi connectivity index (χ0n) is 17.2. The number of rotatable bonds is 6. The summed E-state index contributed by atoms with van der Waals surface area (Å²) in [4.78, 5) is 30.5. The molecule has 0 bridgehead atoms. The molecule has 0 spiro atoms. The number of pyridine rings is 1. The van der Waals surface area contributed by atoms with E-state index >= 15 is 0 Å². The summed E-state index contributed by atoms with van der Waals surface area (Å²) < 4.78 is 42.0. The van der Waals surface area contributed by atoms with Gasteiger partial charge in [0.1, 0.15) is 17.7 Å². The minimum absolute atomic E-state index is 0.122. The standard InChI is InChI=1S/C21H22F3N3O4/c1-11-8-14(4-5-17(11)31-10-21(22,23)24)12(2)27-9-16-15(20(27)30)6-7-25-18(16)26-19(29)13(3)28/h4-8,12-13,28H,9-10H2,1-3H3,(H,25,26,29)/t12?,13-/m1/s1. The lowest BCUT2D eigenvalue weighted by molar-refractivity contribution is -0.153. The first-order chi connectivity index (χ1) is 14.5. The molecule has 1 aromatic carbocycles. The molecular formula is C21H22F3N3O4. The summed E-state index contributed by atoms with van der Waals surface area (Å²) in [5.41, 5.74) is 2.17. The first-order valence-electron chi connectivity index (χ1n) is 9.56. The molecule has 7 nitrogen and oxygen atoms in total. The van der Waals surface area contributed by atoms with E-state index in [2.05, 4.69) is 10.3 Å². The minimum atomic E-state index is -4.43. The quantitative estimate of drug-likeness (QED) is 0.723. The van der Waals surface area contributed by atoms with E-state index in [-0.39, 0.29) is 24.0 Å². The second kappa shape index (κ2) is 8.54. The van der Waals surface area contributed by atoms with E-state index in [0.29, 0.717) is 16.7 Å². The van der Waals surface area contributed by atoms with Crippen LogP contribution in [0.25, 0.3) is 0 Å². The van der Waals surface area contributed by atoms with Gasteiger partial charge >= 0.3 is 6.18 Å². The molecule has 0 fully saturated rings. The highest BCUT2D eigenvalue weighted by Crippen LogP contribution is 2.35. The van der Waals surface area contributed by atoms with Gasteiger partial charge in [0.2, 0.25) is 0 Å². The van der Waals surface area contributed by atoms with E-state index in [0.717, 1.165) is 5.56 Å². The maximum absolute atomic E-state index is 12.9. The van der Waals surface area contributed by atoms with Gasteiger partial charge in [0.05, 0.1) is 12.6 Å². The third-order valence-corrected chi connectivity index (χ3v) is 5.04. The van der Waals surface area contributed by atoms with Crippen LogP contribution >= 0.6 is 0 Å². The predicted octanol–water partition coefficient (Wildman–Crippen LogP) is 3.37. The third-order valence-electron chi connectivity index (χ3n) is 5.04. The zero-order valence-corrected chi connectivity index (χ0v) is 17.2. The number of nitrogens with one attached hydrogen (secondary N) is 1. The van der Waals surface area contributed by atoms with Gasteiger partial charge in [0, 0.05) is 17.3 Å². The summed E-state index contributed by atoms with van der Waals surface area (Å²) in [6.07, 6.45) is -4.26. The van der Waals surface area contributed by atoms with E-state index in [1.807, 2.05) is 0 Å². The largest absolute Gasteiger partial charge is 0.484 e. The van der Waals surface area contributed by atoms with Crippen LogP contribution in [0.1, 0.15) is 46.9 Å². The van der Waals surface area contributed by atoms with Gasteiger partial charge in [-0.3, -0.25) is 9.59 Å². The second-order valence-corrected chi connectivity index (χ2v) is 7.39. The Morgan fingerprint density at radius 2 is 2.03 bits per heavy atom. The van der Waals surface area contributed by atoms with E-state index in [9.17, 15) is 27.9 Å². The van der Waals surface area contributed by atoms with Crippen LogP contribution in [0.2, 0.25) is 0 Å². The van der Waals surface area contributed by atoms with Crippen molar-refractivity contribution in [1.82, 2.24) is 9.88 Å². The molecule has 1 unspecified atom stereocenters. The molecule has 2 amide bonds. The van der Waals surface area contributed by atoms with Crippen molar-refractivity contribution in [3.63, 3.8) is 0 Å². The average molecular weight is 437 g/mol. The Morgan fingerprint density at radius 3 is 2.65 bits per heavy atom. The van der Waals surface area contributed by atoms with E-state index in [1.54, 1.807) is 36.9 Å². The molecule has 1 aliphatic heterocycles. The number of ether oxygens (including phenoxy) is 1. The Kier molecular flexibility index (Phi) is 6.21. The molecule has 2 aromatic rings. The Labute approximate surface area is 176 Å². The fourth-order valence-electron chi connectivity index (χ4n) is 3.33. The summed E-state index contributed by atoms with van der Waals surface area (Å²) in [5, 5.41) is 11.9. The van der Waals surface area contributed by atoms with Crippen molar-refractivity contribution < 1.29 is 32.6 Å². The number of amides is 2. The first-order valence-corrected chi connectivity index (χ1v) is 9.56. The molecule has 1 aliphatic rings. The third kappa shape index (κ3) is 4.96. The molecule has 3 rings (SSSR count). The Bertz CT molecular complexity index is 1010. The van der Waals surface area contributed by atoms with Crippen molar-refractivity contribution in [2.24, 2.45) is 0 Å². The maximum Gasteiger partial charge on any atom is 0.422 e. The maximum atomic E-state index is 12.9. The van der Waals surface area contributed by atoms with E-state index < -0.39 is 30.8 Å². The van der Waals surface area contributed by atoms with Crippen molar-refractivity contribution in [3.8, 4) is 5.75 Å². The lowest BCUT2D eigenvalue weighted by Gasteiger charge is -2.25. The monoisotopic (exact) mass is 437 g/mol. The summed E-state index contributed by atoms with van der Waals surface area (Å²) in [7, 11) is 0. The van der Waals surface area contributed by atoms with Gasteiger partial charge in [0.15, 0.2) is 6.61 Å². The molecule has 0 saturated carbocycles. The predicted molar refractivity (Wildman–Crippen MR) is 106 cm³/mol. The highest BCUT2D eigenvalue weighted by Gasteiger charge is 2.34. The lowest BCUT2D eigenvalue weighted by atomic mass is 10.0. The molecule has 0 radical (unpaired) electrons. The van der Waals surface area contributed by atoms with Gasteiger partial charge in [-0.25, -0.2) is 4.98 Å². The number of alkyl halides is 3. The lowest BCUT2D eigenvalue weighted by Crippen LogP contribution is -2.27. The summed E-state index contributed by atoms with van der Waals surface area (Å²) in [5.74, 6) is -0.562. The molecule has 166 valence electrons. The molecule has 10 heteroatoms. The molecule has 31 heavy (non-hydrogen) atoms. The Morgan fingerprint density at radius 1 is 1.32 bits per heavy atom.